The van der Waals surface area contributed by atoms with E-state index in [0.29, 0.717) is 23.0 Å². The summed E-state index contributed by atoms with van der Waals surface area (Å²) in [5, 5.41) is 9.35. The lowest BCUT2D eigenvalue weighted by Gasteiger charge is -2.41. The molecule has 0 atom stereocenters. The van der Waals surface area contributed by atoms with Crippen molar-refractivity contribution in [2.45, 2.75) is 5.41 Å². The number of rotatable bonds is 7. The summed E-state index contributed by atoms with van der Waals surface area (Å²) in [5.41, 5.74) is 11.5. The lowest BCUT2D eigenvalue weighted by Crippen LogP contribution is -2.34. The minimum atomic E-state index is -0.573. The van der Waals surface area contributed by atoms with Crippen LogP contribution >= 0.6 is 0 Å². The van der Waals surface area contributed by atoms with Gasteiger partial charge in [-0.05, 0) is 69.8 Å². The monoisotopic (exact) mass is 742 g/mol. The zero-order valence-corrected chi connectivity index (χ0v) is 31.3. The molecule has 1 aliphatic rings. The van der Waals surface area contributed by atoms with Crippen molar-refractivity contribution in [3.63, 3.8) is 0 Å². The molecule has 1 aromatic heterocycles. The van der Waals surface area contributed by atoms with Crippen molar-refractivity contribution in [1.82, 2.24) is 15.0 Å². The predicted octanol–water partition coefficient (Wildman–Crippen LogP) is 12.6. The number of hydrogen-bond acceptors (Lipinski definition) is 5. The Bertz CT molecular complexity index is 2920. The third kappa shape index (κ3) is 6.01. The van der Waals surface area contributed by atoms with Crippen molar-refractivity contribution in [3.8, 4) is 74.0 Å². The van der Waals surface area contributed by atoms with Gasteiger partial charge in [-0.1, -0.05) is 170 Å². The molecular formula is C53H34N4O. The van der Waals surface area contributed by atoms with Gasteiger partial charge in [0, 0.05) is 27.8 Å². The number of hydrogen-bond donors (Lipinski definition) is 0. The van der Waals surface area contributed by atoms with E-state index in [1.54, 1.807) is 12.1 Å². The number of ether oxygens (including phenoxy) is 1. The number of aromatic nitrogens is 3. The van der Waals surface area contributed by atoms with Crippen molar-refractivity contribution in [2.75, 3.05) is 0 Å². The molecule has 2 heterocycles. The van der Waals surface area contributed by atoms with E-state index in [1.807, 2.05) is 48.5 Å². The Morgan fingerprint density at radius 1 is 0.379 bits per heavy atom. The van der Waals surface area contributed by atoms with Gasteiger partial charge in [0.25, 0.3) is 0 Å². The Labute approximate surface area is 337 Å². The number of para-hydroxylation sites is 1. The zero-order chi connectivity index (χ0) is 38.9. The highest BCUT2D eigenvalue weighted by molar-refractivity contribution is 5.86. The van der Waals surface area contributed by atoms with Gasteiger partial charge < -0.3 is 4.74 Å². The van der Waals surface area contributed by atoms with E-state index >= 15 is 0 Å². The number of nitrogens with zero attached hydrogens (tertiary/aromatic N) is 4. The minimum absolute atomic E-state index is 0.545. The van der Waals surface area contributed by atoms with Crippen molar-refractivity contribution in [1.29, 1.82) is 5.26 Å². The van der Waals surface area contributed by atoms with Crippen LogP contribution in [0.25, 0.3) is 56.4 Å². The molecule has 0 spiro atoms. The molecule has 0 saturated heterocycles. The first-order valence-corrected chi connectivity index (χ1v) is 19.2. The fourth-order valence-electron chi connectivity index (χ4n) is 8.21. The Morgan fingerprint density at radius 3 is 1.40 bits per heavy atom. The summed E-state index contributed by atoms with van der Waals surface area (Å²) in [6, 6.07) is 72.9. The Morgan fingerprint density at radius 2 is 0.810 bits per heavy atom. The number of nitriles is 1. The average molecular weight is 743 g/mol. The van der Waals surface area contributed by atoms with E-state index in [-0.39, 0.29) is 0 Å². The van der Waals surface area contributed by atoms with Crippen LogP contribution in [-0.2, 0) is 5.41 Å². The van der Waals surface area contributed by atoms with Gasteiger partial charge in [-0.15, -0.1) is 0 Å². The van der Waals surface area contributed by atoms with Gasteiger partial charge >= 0.3 is 0 Å². The SMILES string of the molecule is N#Cc1ccc(-c2nc(-c3ccccc3)nc(-c3ccc(-c4ccccc4-c4ccc5c(c4)Oc4ccccc4C5(c4ccccc4)c4ccccc4)cc3)n2)cc1. The smallest absolute Gasteiger partial charge is 0.164 e. The van der Waals surface area contributed by atoms with Gasteiger partial charge in [0.1, 0.15) is 11.5 Å². The van der Waals surface area contributed by atoms with E-state index in [4.69, 9.17) is 19.7 Å². The molecule has 5 heteroatoms. The molecule has 5 nitrogen and oxygen atoms in total. The third-order valence-electron chi connectivity index (χ3n) is 10.9. The van der Waals surface area contributed by atoms with Gasteiger partial charge in [0.2, 0.25) is 0 Å². The molecule has 0 bridgehead atoms. The second-order valence-electron chi connectivity index (χ2n) is 14.3. The Balaban J connectivity index is 1.06. The normalized spacial score (nSPS) is 12.4. The van der Waals surface area contributed by atoms with E-state index in [2.05, 4.69) is 152 Å². The summed E-state index contributed by atoms with van der Waals surface area (Å²) in [4.78, 5) is 14.7. The molecule has 58 heavy (non-hydrogen) atoms. The summed E-state index contributed by atoms with van der Waals surface area (Å²) in [6.07, 6.45) is 0. The maximum atomic E-state index is 9.35. The maximum absolute atomic E-state index is 9.35. The Hall–Kier alpha value is -7.94. The fourth-order valence-corrected chi connectivity index (χ4v) is 8.21. The molecule has 0 N–H and O–H groups in total. The highest BCUT2D eigenvalue weighted by Crippen LogP contribution is 2.56. The van der Waals surface area contributed by atoms with Crippen LogP contribution in [0.1, 0.15) is 27.8 Å². The molecule has 0 radical (unpaired) electrons. The van der Waals surface area contributed by atoms with Gasteiger partial charge in [-0.2, -0.15) is 5.26 Å². The van der Waals surface area contributed by atoms with Crippen molar-refractivity contribution in [2.24, 2.45) is 0 Å². The summed E-state index contributed by atoms with van der Waals surface area (Å²) in [5.74, 6) is 3.38. The molecule has 10 rings (SSSR count). The van der Waals surface area contributed by atoms with Crippen LogP contribution in [0.15, 0.2) is 206 Å². The Kier molecular flexibility index (Phi) is 8.70. The maximum Gasteiger partial charge on any atom is 0.164 e. The van der Waals surface area contributed by atoms with E-state index in [9.17, 15) is 5.26 Å². The third-order valence-corrected chi connectivity index (χ3v) is 10.9. The minimum Gasteiger partial charge on any atom is -0.457 e. The fraction of sp³-hybridized carbons (Fsp3) is 0.0189. The molecule has 8 aromatic carbocycles. The predicted molar refractivity (Wildman–Crippen MR) is 230 cm³/mol. The number of benzene rings is 8. The van der Waals surface area contributed by atoms with Crippen LogP contribution < -0.4 is 4.74 Å². The van der Waals surface area contributed by atoms with E-state index in [0.717, 1.165) is 61.6 Å². The molecule has 0 fully saturated rings. The first kappa shape index (κ1) is 34.5. The summed E-state index contributed by atoms with van der Waals surface area (Å²) >= 11 is 0. The molecule has 9 aromatic rings. The van der Waals surface area contributed by atoms with Gasteiger partial charge in [0.05, 0.1) is 17.0 Å². The van der Waals surface area contributed by atoms with Crippen molar-refractivity contribution in [3.05, 3.63) is 234 Å². The first-order valence-electron chi connectivity index (χ1n) is 19.2. The van der Waals surface area contributed by atoms with Crippen LogP contribution in [0.5, 0.6) is 11.5 Å². The van der Waals surface area contributed by atoms with E-state index < -0.39 is 5.41 Å². The zero-order valence-electron chi connectivity index (χ0n) is 31.3. The largest absolute Gasteiger partial charge is 0.457 e. The lowest BCUT2D eigenvalue weighted by molar-refractivity contribution is 0.435. The molecule has 0 saturated carbocycles. The topological polar surface area (TPSA) is 71.7 Å². The molecule has 0 aliphatic carbocycles. The first-order chi connectivity index (χ1) is 28.7. The molecule has 0 unspecified atom stereocenters. The second-order valence-corrected chi connectivity index (χ2v) is 14.3. The van der Waals surface area contributed by atoms with Gasteiger partial charge in [0.15, 0.2) is 17.5 Å². The molecule has 272 valence electrons. The van der Waals surface area contributed by atoms with Crippen LogP contribution in [0.2, 0.25) is 0 Å². The van der Waals surface area contributed by atoms with Crippen LogP contribution in [0.4, 0.5) is 0 Å². The van der Waals surface area contributed by atoms with Crippen molar-refractivity contribution >= 4 is 0 Å². The van der Waals surface area contributed by atoms with Crippen LogP contribution in [-0.4, -0.2) is 15.0 Å². The van der Waals surface area contributed by atoms with Crippen molar-refractivity contribution < 1.29 is 4.74 Å². The summed E-state index contributed by atoms with van der Waals surface area (Å²) < 4.78 is 6.81. The highest BCUT2D eigenvalue weighted by atomic mass is 16.5. The number of fused-ring (bicyclic) bond motifs is 2. The van der Waals surface area contributed by atoms with Gasteiger partial charge in [-0.25, -0.2) is 15.0 Å². The molecular weight excluding hydrogens is 709 g/mol. The van der Waals surface area contributed by atoms with E-state index in [1.165, 1.54) is 11.1 Å². The van der Waals surface area contributed by atoms with Crippen LogP contribution in [0, 0.1) is 11.3 Å². The molecule has 0 amide bonds. The second kappa shape index (κ2) is 14.6. The summed E-state index contributed by atoms with van der Waals surface area (Å²) in [6.45, 7) is 0. The lowest BCUT2D eigenvalue weighted by atomic mass is 9.63. The quantitative estimate of drug-likeness (QED) is 0.163. The standard InChI is InChI=1S/C53H34N4O/c54-35-36-24-26-39(27-25-36)51-55-50(38-14-4-1-5-15-38)56-52(57-51)40-30-28-37(29-31-40)44-20-10-11-21-45(44)41-32-33-47-49(34-41)58-48-23-13-12-22-46(48)53(47,42-16-6-2-7-17-42)43-18-8-3-9-19-43/h1-34H. The highest BCUT2D eigenvalue weighted by Gasteiger charge is 2.45. The summed E-state index contributed by atoms with van der Waals surface area (Å²) in [7, 11) is 0. The average Bonchev–Trinajstić information content (AvgIpc) is 3.31. The molecule has 1 aliphatic heterocycles. The van der Waals surface area contributed by atoms with Gasteiger partial charge in [-0.3, -0.25) is 0 Å². The van der Waals surface area contributed by atoms with Crippen LogP contribution in [0.3, 0.4) is 0 Å².